The van der Waals surface area contributed by atoms with Gasteiger partial charge in [-0.05, 0) is 48.5 Å². The number of benzene rings is 4. The van der Waals surface area contributed by atoms with Crippen LogP contribution in [0.4, 0.5) is 11.4 Å². The monoisotopic (exact) mass is 440 g/mol. The Morgan fingerprint density at radius 2 is 0.818 bits per heavy atom. The molecule has 0 aromatic heterocycles. The van der Waals surface area contributed by atoms with E-state index in [2.05, 4.69) is 0 Å². The van der Waals surface area contributed by atoms with Gasteiger partial charge in [-0.15, -0.1) is 0 Å². The van der Waals surface area contributed by atoms with Gasteiger partial charge in [0, 0.05) is 11.4 Å². The van der Waals surface area contributed by atoms with Crippen molar-refractivity contribution in [1.29, 1.82) is 0 Å². The third-order valence-corrected chi connectivity index (χ3v) is 4.68. The van der Waals surface area contributed by atoms with Crippen LogP contribution in [0.1, 0.15) is 20.7 Å². The minimum absolute atomic E-state index is 0.180. The van der Waals surface area contributed by atoms with Gasteiger partial charge in [-0.3, -0.25) is 0 Å². The second kappa shape index (κ2) is 9.57. The van der Waals surface area contributed by atoms with Crippen molar-refractivity contribution in [3.63, 3.8) is 0 Å². The molecular weight excluding hydrogens is 420 g/mol. The van der Waals surface area contributed by atoms with Crippen molar-refractivity contribution in [2.75, 3.05) is 11.5 Å². The number of anilines is 2. The molecule has 0 saturated heterocycles. The number of para-hydroxylation sites is 6. The topological polar surface area (TPSA) is 114 Å². The van der Waals surface area contributed by atoms with Crippen LogP contribution in [-0.2, 0) is 0 Å². The van der Waals surface area contributed by atoms with Gasteiger partial charge in [-0.1, -0.05) is 48.5 Å². The van der Waals surface area contributed by atoms with Gasteiger partial charge in [0.05, 0.1) is 11.1 Å². The number of carbonyl (C=O) groups excluding carboxylic acids is 2. The molecule has 164 valence electrons. The Hall–Kier alpha value is -4.78. The summed E-state index contributed by atoms with van der Waals surface area (Å²) in [5.74, 6) is -0.378. The number of hydrogen-bond acceptors (Lipinski definition) is 7. The molecule has 4 N–H and O–H groups in total. The second-order valence-electron chi connectivity index (χ2n) is 6.95. The van der Waals surface area contributed by atoms with Crippen molar-refractivity contribution < 1.29 is 23.8 Å². The Labute approximate surface area is 190 Å². The maximum Gasteiger partial charge on any atom is 0.345 e. The first-order valence-electron chi connectivity index (χ1n) is 10.0. The summed E-state index contributed by atoms with van der Waals surface area (Å²) in [5, 5.41) is 0. The van der Waals surface area contributed by atoms with E-state index in [1.165, 1.54) is 0 Å². The molecule has 0 aliphatic carbocycles. The Morgan fingerprint density at radius 3 is 1.21 bits per heavy atom. The molecule has 0 atom stereocenters. The number of nitrogen functional groups attached to an aromatic ring is 2. The summed E-state index contributed by atoms with van der Waals surface area (Å²) in [6.45, 7) is 0. The summed E-state index contributed by atoms with van der Waals surface area (Å²) in [6.07, 6.45) is 0. The summed E-state index contributed by atoms with van der Waals surface area (Å²) in [6, 6.07) is 26.5. The molecule has 4 aromatic rings. The lowest BCUT2D eigenvalue weighted by Gasteiger charge is -2.14. The summed E-state index contributed by atoms with van der Waals surface area (Å²) in [7, 11) is 0. The molecule has 0 radical (unpaired) electrons. The van der Waals surface area contributed by atoms with E-state index in [1.807, 2.05) is 0 Å². The molecule has 0 amide bonds. The zero-order valence-corrected chi connectivity index (χ0v) is 17.4. The van der Waals surface area contributed by atoms with E-state index in [1.54, 1.807) is 97.1 Å². The van der Waals surface area contributed by atoms with Crippen LogP contribution in [0.25, 0.3) is 0 Å². The van der Waals surface area contributed by atoms with Crippen LogP contribution >= 0.6 is 0 Å². The Kier molecular flexibility index (Phi) is 6.22. The number of hydrogen-bond donors (Lipinski definition) is 2. The lowest BCUT2D eigenvalue weighted by molar-refractivity contribution is 0.0727. The fourth-order valence-corrected chi connectivity index (χ4v) is 3.03. The summed E-state index contributed by atoms with van der Waals surface area (Å²) < 4.78 is 17.0. The average Bonchev–Trinajstić information content (AvgIpc) is 2.82. The van der Waals surface area contributed by atoms with Crippen LogP contribution < -0.4 is 25.7 Å². The molecule has 7 nitrogen and oxygen atoms in total. The lowest BCUT2D eigenvalue weighted by atomic mass is 10.2. The van der Waals surface area contributed by atoms with Crippen molar-refractivity contribution in [2.24, 2.45) is 0 Å². The Morgan fingerprint density at radius 1 is 0.485 bits per heavy atom. The quantitative estimate of drug-likeness (QED) is 0.244. The molecule has 7 heteroatoms. The fraction of sp³-hybridized carbons (Fsp3) is 0. The smallest absolute Gasteiger partial charge is 0.345 e. The highest BCUT2D eigenvalue weighted by Crippen LogP contribution is 2.37. The molecule has 0 aliphatic rings. The number of nitrogens with two attached hydrogens (primary N) is 2. The first-order valence-corrected chi connectivity index (χ1v) is 10.0. The van der Waals surface area contributed by atoms with Crippen LogP contribution in [0.2, 0.25) is 0 Å². The predicted octanol–water partition coefficient (Wildman–Crippen LogP) is 5.08. The maximum atomic E-state index is 12.6. The molecule has 0 aliphatic heterocycles. The van der Waals surface area contributed by atoms with Gasteiger partial charge < -0.3 is 25.7 Å². The number of carbonyl (C=O) groups is 2. The molecule has 0 saturated carbocycles. The van der Waals surface area contributed by atoms with Crippen LogP contribution in [0.5, 0.6) is 23.0 Å². The van der Waals surface area contributed by atoms with Crippen molar-refractivity contribution >= 4 is 23.3 Å². The summed E-state index contributed by atoms with van der Waals surface area (Å²) in [5.41, 5.74) is 12.8. The van der Waals surface area contributed by atoms with Gasteiger partial charge in [0.25, 0.3) is 0 Å². The Balaban J connectivity index is 1.57. The van der Waals surface area contributed by atoms with E-state index in [0.717, 1.165) is 0 Å². The fourth-order valence-electron chi connectivity index (χ4n) is 3.03. The van der Waals surface area contributed by atoms with E-state index in [0.29, 0.717) is 11.4 Å². The number of esters is 2. The molecule has 4 aromatic carbocycles. The Bertz CT molecular complexity index is 1220. The molecule has 33 heavy (non-hydrogen) atoms. The largest absolute Gasteiger partial charge is 0.450 e. The van der Waals surface area contributed by atoms with E-state index < -0.39 is 11.9 Å². The van der Waals surface area contributed by atoms with Gasteiger partial charge >= 0.3 is 11.9 Å². The van der Waals surface area contributed by atoms with Gasteiger partial charge in [-0.2, -0.15) is 0 Å². The highest BCUT2D eigenvalue weighted by molar-refractivity contribution is 5.97. The van der Waals surface area contributed by atoms with Crippen molar-refractivity contribution in [1.82, 2.24) is 0 Å². The number of rotatable bonds is 6. The van der Waals surface area contributed by atoms with Crippen LogP contribution in [0.15, 0.2) is 97.1 Å². The number of ether oxygens (including phenoxy) is 3. The normalized spacial score (nSPS) is 10.3. The zero-order valence-electron chi connectivity index (χ0n) is 17.4. The van der Waals surface area contributed by atoms with Gasteiger partial charge in [0.1, 0.15) is 0 Å². The second-order valence-corrected chi connectivity index (χ2v) is 6.95. The molecule has 0 bridgehead atoms. The predicted molar refractivity (Wildman–Crippen MR) is 125 cm³/mol. The van der Waals surface area contributed by atoms with E-state index in [4.69, 9.17) is 25.7 Å². The molecule has 0 unspecified atom stereocenters. The first-order chi connectivity index (χ1) is 16.0. The molecule has 0 heterocycles. The third kappa shape index (κ3) is 4.94. The van der Waals surface area contributed by atoms with E-state index in [-0.39, 0.29) is 34.1 Å². The first kappa shape index (κ1) is 21.5. The maximum absolute atomic E-state index is 12.6. The molecular formula is C26H20N2O5. The van der Waals surface area contributed by atoms with Gasteiger partial charge in [0.2, 0.25) is 0 Å². The van der Waals surface area contributed by atoms with Crippen LogP contribution in [0, 0.1) is 0 Å². The van der Waals surface area contributed by atoms with Gasteiger partial charge in [-0.25, -0.2) is 9.59 Å². The molecule has 0 spiro atoms. The third-order valence-electron chi connectivity index (χ3n) is 4.68. The lowest BCUT2D eigenvalue weighted by Crippen LogP contribution is -2.12. The summed E-state index contributed by atoms with van der Waals surface area (Å²) in [4.78, 5) is 25.2. The minimum atomic E-state index is -0.622. The molecule has 0 fully saturated rings. The van der Waals surface area contributed by atoms with E-state index >= 15 is 0 Å². The van der Waals surface area contributed by atoms with Crippen LogP contribution in [-0.4, -0.2) is 11.9 Å². The van der Waals surface area contributed by atoms with E-state index in [9.17, 15) is 9.59 Å². The van der Waals surface area contributed by atoms with Crippen molar-refractivity contribution in [3.8, 4) is 23.0 Å². The standard InChI is InChI=1S/C26H20N2O5/c27-19-11-3-1-9-17(19)25(29)32-23-15-7-5-13-21(23)31-22-14-6-8-16-24(22)33-26(30)18-10-2-4-12-20(18)28/h1-16H,27-28H2. The van der Waals surface area contributed by atoms with Crippen LogP contribution in [0.3, 0.4) is 0 Å². The van der Waals surface area contributed by atoms with Crippen molar-refractivity contribution in [2.45, 2.75) is 0 Å². The SMILES string of the molecule is Nc1ccccc1C(=O)Oc1ccccc1Oc1ccccc1OC(=O)c1ccccc1N. The highest BCUT2D eigenvalue weighted by Gasteiger charge is 2.18. The van der Waals surface area contributed by atoms with Gasteiger partial charge in [0.15, 0.2) is 23.0 Å². The highest BCUT2D eigenvalue weighted by atomic mass is 16.6. The average molecular weight is 440 g/mol. The van der Waals surface area contributed by atoms with Crippen molar-refractivity contribution in [3.05, 3.63) is 108 Å². The minimum Gasteiger partial charge on any atom is -0.450 e. The summed E-state index contributed by atoms with van der Waals surface area (Å²) >= 11 is 0. The molecule has 4 rings (SSSR count). The zero-order chi connectivity index (χ0) is 23.2.